The summed E-state index contributed by atoms with van der Waals surface area (Å²) in [7, 11) is 2.74. The third kappa shape index (κ3) is 7.02. The van der Waals surface area contributed by atoms with Gasteiger partial charge in [-0.25, -0.2) is 9.59 Å². The van der Waals surface area contributed by atoms with Gasteiger partial charge in [-0.3, -0.25) is 5.41 Å². The van der Waals surface area contributed by atoms with E-state index in [1.807, 2.05) is 0 Å². The molecule has 0 saturated carbocycles. The first-order valence-corrected chi connectivity index (χ1v) is 5.70. The molecule has 0 aliphatic heterocycles. The Morgan fingerprint density at radius 3 is 2.17 bits per heavy atom. The maximum Gasteiger partial charge on any atom is 0.490 e. The van der Waals surface area contributed by atoms with Crippen molar-refractivity contribution in [1.82, 2.24) is 0 Å². The van der Waals surface area contributed by atoms with Gasteiger partial charge in [0.1, 0.15) is 11.3 Å². The predicted octanol–water partition coefficient (Wildman–Crippen LogP) is 1.42. The van der Waals surface area contributed by atoms with Crippen LogP contribution < -0.4 is 15.8 Å². The number of rotatable bonds is 3. The fraction of sp³-hybridized carbons (Fsp3) is 0.250. The lowest BCUT2D eigenvalue weighted by atomic mass is 10.2. The lowest BCUT2D eigenvalue weighted by Crippen LogP contribution is -2.21. The van der Waals surface area contributed by atoms with Crippen molar-refractivity contribution in [1.29, 1.82) is 5.41 Å². The van der Waals surface area contributed by atoms with E-state index in [1.54, 1.807) is 12.1 Å². The van der Waals surface area contributed by atoms with Gasteiger partial charge in [0.2, 0.25) is 0 Å². The zero-order valence-corrected chi connectivity index (χ0v) is 12.0. The van der Waals surface area contributed by atoms with Crippen LogP contribution in [0, 0.1) is 5.41 Å². The number of benzene rings is 1. The summed E-state index contributed by atoms with van der Waals surface area (Å²) in [5, 5.41) is 16.8. The van der Waals surface area contributed by atoms with Crippen LogP contribution in [0.25, 0.3) is 0 Å². The molecule has 0 saturated heterocycles. The monoisotopic (exact) mass is 337 g/mol. The summed E-state index contributed by atoms with van der Waals surface area (Å²) in [4.78, 5) is 20.2. The highest BCUT2D eigenvalue weighted by Gasteiger charge is 2.38. The Morgan fingerprint density at radius 2 is 1.83 bits per heavy atom. The van der Waals surface area contributed by atoms with Crippen LogP contribution in [-0.2, 0) is 9.53 Å². The van der Waals surface area contributed by atoms with Crippen molar-refractivity contribution in [3.05, 3.63) is 23.8 Å². The number of anilines is 1. The van der Waals surface area contributed by atoms with E-state index in [1.165, 1.54) is 20.3 Å². The summed E-state index contributed by atoms with van der Waals surface area (Å²) < 4.78 is 41.4. The first-order chi connectivity index (χ1) is 10.5. The lowest BCUT2D eigenvalue weighted by molar-refractivity contribution is -0.192. The van der Waals surface area contributed by atoms with Crippen LogP contribution in [0.2, 0.25) is 0 Å². The first-order valence-electron chi connectivity index (χ1n) is 5.70. The van der Waals surface area contributed by atoms with Crippen molar-refractivity contribution in [2.75, 3.05) is 19.5 Å². The minimum atomic E-state index is -5.08. The summed E-state index contributed by atoms with van der Waals surface area (Å²) >= 11 is 0. The van der Waals surface area contributed by atoms with Crippen molar-refractivity contribution in [2.45, 2.75) is 6.18 Å². The highest BCUT2D eigenvalue weighted by Crippen LogP contribution is 2.23. The van der Waals surface area contributed by atoms with E-state index < -0.39 is 18.1 Å². The number of carboxylic acids is 1. The molecule has 0 amide bonds. The van der Waals surface area contributed by atoms with E-state index in [-0.39, 0.29) is 5.96 Å². The van der Waals surface area contributed by atoms with E-state index in [0.29, 0.717) is 17.0 Å². The molecule has 0 bridgehead atoms. The molecule has 1 rings (SSSR count). The summed E-state index contributed by atoms with van der Waals surface area (Å²) in [6, 6.07) is 4.71. The molecule has 5 N–H and O–H groups in total. The molecule has 0 unspecified atom stereocenters. The minimum Gasteiger partial charge on any atom is -0.496 e. The Balaban J connectivity index is 0.000000585. The average Bonchev–Trinajstić information content (AvgIpc) is 2.45. The van der Waals surface area contributed by atoms with Gasteiger partial charge in [-0.15, -0.1) is 0 Å². The number of esters is 1. The summed E-state index contributed by atoms with van der Waals surface area (Å²) in [6.45, 7) is 0. The van der Waals surface area contributed by atoms with Crippen LogP contribution in [0.5, 0.6) is 5.75 Å². The number of nitrogens with two attached hydrogens (primary N) is 1. The third-order valence-electron chi connectivity index (χ3n) is 2.13. The largest absolute Gasteiger partial charge is 0.496 e. The van der Waals surface area contributed by atoms with Gasteiger partial charge in [0.05, 0.1) is 14.2 Å². The van der Waals surface area contributed by atoms with Crippen LogP contribution in [0.3, 0.4) is 0 Å². The van der Waals surface area contributed by atoms with Gasteiger partial charge < -0.3 is 25.6 Å². The number of carboxylic acid groups (broad SMARTS) is 1. The Kier molecular flexibility index (Phi) is 7.36. The second kappa shape index (κ2) is 8.46. The van der Waals surface area contributed by atoms with E-state index in [2.05, 4.69) is 10.1 Å². The minimum absolute atomic E-state index is 0.187. The molecule has 0 aliphatic carbocycles. The van der Waals surface area contributed by atoms with Crippen molar-refractivity contribution in [2.24, 2.45) is 5.73 Å². The number of carbonyl (C=O) groups excluding carboxylic acids is 1. The summed E-state index contributed by atoms with van der Waals surface area (Å²) in [5.74, 6) is -3.07. The van der Waals surface area contributed by atoms with Gasteiger partial charge in [0, 0.05) is 11.8 Å². The SMILES string of the molecule is COC(=O)c1ccc(NC(=N)N)cc1OC.O=C(O)C(F)(F)F. The number of halogens is 3. The molecular formula is C12H14F3N3O5. The number of hydrogen-bond donors (Lipinski definition) is 4. The number of hydrogen-bond acceptors (Lipinski definition) is 5. The fourth-order valence-electron chi connectivity index (χ4n) is 1.20. The molecule has 1 aromatic rings. The van der Waals surface area contributed by atoms with Gasteiger partial charge >= 0.3 is 18.1 Å². The molecular weight excluding hydrogens is 323 g/mol. The van der Waals surface area contributed by atoms with E-state index in [4.69, 9.17) is 25.8 Å². The second-order valence-corrected chi connectivity index (χ2v) is 3.75. The van der Waals surface area contributed by atoms with Gasteiger partial charge in [0.15, 0.2) is 5.96 Å². The molecule has 23 heavy (non-hydrogen) atoms. The van der Waals surface area contributed by atoms with Gasteiger partial charge in [-0.05, 0) is 12.1 Å². The standard InChI is InChI=1S/C10H13N3O3.C2HF3O2/c1-15-8-5-6(13-10(11)12)3-4-7(8)9(14)16-2;3-2(4,5)1(6)7/h3-5H,1-2H3,(H4,11,12,13);(H,6,7). The number of alkyl halides is 3. The van der Waals surface area contributed by atoms with Crippen LogP contribution in [-0.4, -0.2) is 43.4 Å². The maximum atomic E-state index is 11.3. The van der Waals surface area contributed by atoms with Crippen LogP contribution in [0.4, 0.5) is 18.9 Å². The third-order valence-corrected chi connectivity index (χ3v) is 2.13. The van der Waals surface area contributed by atoms with Crippen molar-refractivity contribution in [3.63, 3.8) is 0 Å². The maximum absolute atomic E-state index is 11.3. The molecule has 0 spiro atoms. The zero-order valence-electron chi connectivity index (χ0n) is 12.0. The van der Waals surface area contributed by atoms with Crippen LogP contribution >= 0.6 is 0 Å². The molecule has 128 valence electrons. The average molecular weight is 337 g/mol. The first kappa shape index (κ1) is 20.0. The number of aliphatic carboxylic acids is 1. The van der Waals surface area contributed by atoms with Gasteiger partial charge in [-0.1, -0.05) is 0 Å². The number of carbonyl (C=O) groups is 2. The van der Waals surface area contributed by atoms with Crippen molar-refractivity contribution >= 4 is 23.6 Å². The number of nitrogens with one attached hydrogen (secondary N) is 2. The molecule has 8 nitrogen and oxygen atoms in total. The van der Waals surface area contributed by atoms with Gasteiger partial charge in [-0.2, -0.15) is 13.2 Å². The lowest BCUT2D eigenvalue weighted by Gasteiger charge is -2.09. The molecule has 0 radical (unpaired) electrons. The van der Waals surface area contributed by atoms with E-state index in [0.717, 1.165) is 0 Å². The van der Waals surface area contributed by atoms with Crippen LogP contribution in [0.15, 0.2) is 18.2 Å². The second-order valence-electron chi connectivity index (χ2n) is 3.75. The Morgan fingerprint density at radius 1 is 1.30 bits per heavy atom. The molecule has 0 aromatic heterocycles. The van der Waals surface area contributed by atoms with E-state index >= 15 is 0 Å². The van der Waals surface area contributed by atoms with Crippen LogP contribution in [0.1, 0.15) is 10.4 Å². The normalized spacial score (nSPS) is 9.96. The summed E-state index contributed by atoms with van der Waals surface area (Å²) in [6.07, 6.45) is -5.08. The number of methoxy groups -OCH3 is 2. The summed E-state index contributed by atoms with van der Waals surface area (Å²) in [5.41, 5.74) is 6.07. The molecule has 1 aromatic carbocycles. The fourth-order valence-corrected chi connectivity index (χ4v) is 1.20. The predicted molar refractivity (Wildman–Crippen MR) is 73.6 cm³/mol. The van der Waals surface area contributed by atoms with Crippen molar-refractivity contribution < 1.29 is 37.3 Å². The zero-order chi connectivity index (χ0) is 18.2. The van der Waals surface area contributed by atoms with E-state index in [9.17, 15) is 18.0 Å². The Labute approximate surface area is 128 Å². The molecule has 0 aliphatic rings. The molecule has 0 heterocycles. The highest BCUT2D eigenvalue weighted by molar-refractivity contribution is 5.95. The molecule has 0 atom stereocenters. The Bertz CT molecular complexity index is 590. The van der Waals surface area contributed by atoms with Crippen molar-refractivity contribution in [3.8, 4) is 5.75 Å². The topological polar surface area (TPSA) is 135 Å². The highest BCUT2D eigenvalue weighted by atomic mass is 19.4. The smallest absolute Gasteiger partial charge is 0.490 e. The number of guanidine groups is 1. The number of ether oxygens (including phenoxy) is 2. The quantitative estimate of drug-likeness (QED) is 0.372. The Hall–Kier alpha value is -2.98. The molecule has 0 fully saturated rings. The molecule has 11 heteroatoms. The van der Waals surface area contributed by atoms with Gasteiger partial charge in [0.25, 0.3) is 0 Å².